The highest BCUT2D eigenvalue weighted by Gasteiger charge is 2.42. The van der Waals surface area contributed by atoms with Crippen molar-refractivity contribution in [2.45, 2.75) is 19.3 Å². The van der Waals surface area contributed by atoms with E-state index in [1.54, 1.807) is 29.2 Å². The Bertz CT molecular complexity index is 736. The molecule has 1 unspecified atom stereocenters. The van der Waals surface area contributed by atoms with Crippen LogP contribution in [0.2, 0.25) is 0 Å². The quantitative estimate of drug-likeness (QED) is 0.924. The molecule has 1 atom stereocenters. The highest BCUT2D eigenvalue weighted by Crippen LogP contribution is 2.35. The standard InChI is InChI=1S/C15H15F2N3O2/c1-9-8-20(7-6-15(9,16)17)13-12(14(21)22)18-10-4-2-3-5-11(10)19-13/h2-5,9H,6-8H2,1H3,(H,21,22). The lowest BCUT2D eigenvalue weighted by molar-refractivity contribution is -0.0652. The number of anilines is 1. The maximum absolute atomic E-state index is 13.6. The number of piperidine rings is 1. The maximum atomic E-state index is 13.6. The largest absolute Gasteiger partial charge is 0.476 e. The molecule has 0 saturated carbocycles. The third-order valence-electron chi connectivity index (χ3n) is 3.98. The predicted molar refractivity (Wildman–Crippen MR) is 77.4 cm³/mol. The number of carbonyl (C=O) groups is 1. The zero-order chi connectivity index (χ0) is 15.9. The predicted octanol–water partition coefficient (Wildman–Crippen LogP) is 2.81. The fourth-order valence-corrected chi connectivity index (χ4v) is 2.63. The first-order valence-electron chi connectivity index (χ1n) is 7.01. The van der Waals surface area contributed by atoms with Gasteiger partial charge in [-0.2, -0.15) is 0 Å². The van der Waals surface area contributed by atoms with Crippen molar-refractivity contribution in [2.24, 2.45) is 5.92 Å². The third kappa shape index (κ3) is 2.47. The normalized spacial score (nSPS) is 21.0. The number of fused-ring (bicyclic) bond motifs is 1. The van der Waals surface area contributed by atoms with Crippen LogP contribution in [0.4, 0.5) is 14.6 Å². The van der Waals surface area contributed by atoms with Crippen molar-refractivity contribution >= 4 is 22.8 Å². The minimum atomic E-state index is -2.73. The number of benzene rings is 1. The molecule has 1 aromatic carbocycles. The Hall–Kier alpha value is -2.31. The van der Waals surface area contributed by atoms with E-state index in [9.17, 15) is 18.7 Å². The van der Waals surface area contributed by atoms with Crippen LogP contribution in [0.25, 0.3) is 11.0 Å². The molecule has 1 saturated heterocycles. The summed E-state index contributed by atoms with van der Waals surface area (Å²) in [5.74, 6) is -4.65. The number of carboxylic acid groups (broad SMARTS) is 1. The molecule has 1 fully saturated rings. The van der Waals surface area contributed by atoms with Crippen molar-refractivity contribution in [1.29, 1.82) is 0 Å². The van der Waals surface area contributed by atoms with Crippen molar-refractivity contribution < 1.29 is 18.7 Å². The van der Waals surface area contributed by atoms with Crippen LogP contribution in [0.3, 0.4) is 0 Å². The van der Waals surface area contributed by atoms with Gasteiger partial charge in [0.25, 0.3) is 5.92 Å². The smallest absolute Gasteiger partial charge is 0.358 e. The summed E-state index contributed by atoms with van der Waals surface area (Å²) in [6.45, 7) is 1.58. The SMILES string of the molecule is CC1CN(c2nc3ccccc3nc2C(=O)O)CCC1(F)F. The van der Waals surface area contributed by atoms with Gasteiger partial charge < -0.3 is 10.0 Å². The summed E-state index contributed by atoms with van der Waals surface area (Å²) in [4.78, 5) is 21.5. The molecular formula is C15H15F2N3O2. The van der Waals surface area contributed by atoms with Gasteiger partial charge in [0.15, 0.2) is 11.5 Å². The zero-order valence-corrected chi connectivity index (χ0v) is 12.0. The van der Waals surface area contributed by atoms with E-state index >= 15 is 0 Å². The summed E-state index contributed by atoms with van der Waals surface area (Å²) >= 11 is 0. The summed E-state index contributed by atoms with van der Waals surface area (Å²) in [5, 5.41) is 9.35. The molecule has 1 aromatic heterocycles. The monoisotopic (exact) mass is 307 g/mol. The summed E-state index contributed by atoms with van der Waals surface area (Å²) < 4.78 is 27.2. The Morgan fingerprint density at radius 3 is 2.55 bits per heavy atom. The Kier molecular flexibility index (Phi) is 3.42. The number of carboxylic acids is 1. The number of para-hydroxylation sites is 2. The lowest BCUT2D eigenvalue weighted by Crippen LogP contribution is -2.46. The number of aromatic nitrogens is 2. The topological polar surface area (TPSA) is 66.3 Å². The van der Waals surface area contributed by atoms with Crippen LogP contribution < -0.4 is 4.90 Å². The second-order valence-corrected chi connectivity index (χ2v) is 5.55. The van der Waals surface area contributed by atoms with Crippen LogP contribution in [0.5, 0.6) is 0 Å². The number of hydrogen-bond donors (Lipinski definition) is 1. The van der Waals surface area contributed by atoms with E-state index in [1.165, 1.54) is 6.92 Å². The first kappa shape index (κ1) is 14.6. The van der Waals surface area contributed by atoms with Gasteiger partial charge in [0.05, 0.1) is 11.0 Å². The van der Waals surface area contributed by atoms with Gasteiger partial charge in [-0.05, 0) is 12.1 Å². The van der Waals surface area contributed by atoms with Crippen LogP contribution in [0, 0.1) is 5.92 Å². The molecule has 0 aliphatic carbocycles. The van der Waals surface area contributed by atoms with Crippen molar-refractivity contribution in [1.82, 2.24) is 9.97 Å². The van der Waals surface area contributed by atoms with Crippen LogP contribution in [0.1, 0.15) is 23.8 Å². The third-order valence-corrected chi connectivity index (χ3v) is 3.98. The van der Waals surface area contributed by atoms with E-state index in [0.29, 0.717) is 11.0 Å². The molecule has 2 heterocycles. The van der Waals surface area contributed by atoms with Crippen molar-refractivity contribution in [3.05, 3.63) is 30.0 Å². The Labute approximate surface area is 125 Å². The molecule has 1 aliphatic heterocycles. The maximum Gasteiger partial charge on any atom is 0.358 e. The number of alkyl halides is 2. The molecule has 22 heavy (non-hydrogen) atoms. The number of hydrogen-bond acceptors (Lipinski definition) is 4. The van der Waals surface area contributed by atoms with E-state index in [2.05, 4.69) is 9.97 Å². The van der Waals surface area contributed by atoms with Gasteiger partial charge in [-0.1, -0.05) is 19.1 Å². The average Bonchev–Trinajstić information content (AvgIpc) is 2.48. The van der Waals surface area contributed by atoms with Gasteiger partial charge in [-0.15, -0.1) is 0 Å². The molecule has 5 nitrogen and oxygen atoms in total. The van der Waals surface area contributed by atoms with E-state index < -0.39 is 17.8 Å². The lowest BCUT2D eigenvalue weighted by atomic mass is 9.95. The summed E-state index contributed by atoms with van der Waals surface area (Å²) in [6, 6.07) is 6.91. The molecule has 0 amide bonds. The van der Waals surface area contributed by atoms with Crippen LogP contribution in [-0.4, -0.2) is 40.1 Å². The van der Waals surface area contributed by atoms with E-state index in [0.717, 1.165) is 0 Å². The Morgan fingerprint density at radius 1 is 1.32 bits per heavy atom. The number of nitrogens with zero attached hydrogens (tertiary/aromatic N) is 3. The summed E-state index contributed by atoms with van der Waals surface area (Å²) in [6.07, 6.45) is -0.318. The van der Waals surface area contributed by atoms with Crippen LogP contribution >= 0.6 is 0 Å². The highest BCUT2D eigenvalue weighted by molar-refractivity contribution is 5.94. The molecule has 7 heteroatoms. The number of halogens is 2. The van der Waals surface area contributed by atoms with Crippen LogP contribution in [0.15, 0.2) is 24.3 Å². The Morgan fingerprint density at radius 2 is 1.95 bits per heavy atom. The fraction of sp³-hybridized carbons (Fsp3) is 0.400. The fourth-order valence-electron chi connectivity index (χ4n) is 2.63. The zero-order valence-electron chi connectivity index (χ0n) is 12.0. The first-order valence-corrected chi connectivity index (χ1v) is 7.01. The second-order valence-electron chi connectivity index (χ2n) is 5.55. The molecular weight excluding hydrogens is 292 g/mol. The second kappa shape index (κ2) is 5.15. The van der Waals surface area contributed by atoms with Gasteiger partial charge >= 0.3 is 5.97 Å². The minimum absolute atomic E-state index is 0.0559. The van der Waals surface area contributed by atoms with E-state index in [1.807, 2.05) is 0 Å². The lowest BCUT2D eigenvalue weighted by Gasteiger charge is -2.37. The van der Waals surface area contributed by atoms with Gasteiger partial charge in [0.1, 0.15) is 0 Å². The molecule has 3 rings (SSSR count). The van der Waals surface area contributed by atoms with Gasteiger partial charge in [0.2, 0.25) is 0 Å². The van der Waals surface area contributed by atoms with Gasteiger partial charge in [-0.3, -0.25) is 0 Å². The molecule has 1 aliphatic rings. The Balaban J connectivity index is 2.06. The van der Waals surface area contributed by atoms with Crippen molar-refractivity contribution in [2.75, 3.05) is 18.0 Å². The van der Waals surface area contributed by atoms with Gasteiger partial charge in [-0.25, -0.2) is 23.5 Å². The first-order chi connectivity index (χ1) is 10.4. The van der Waals surface area contributed by atoms with Crippen molar-refractivity contribution in [3.8, 4) is 0 Å². The van der Waals surface area contributed by atoms with E-state index in [-0.39, 0.29) is 31.0 Å². The molecule has 1 N–H and O–H groups in total. The molecule has 116 valence electrons. The molecule has 0 bridgehead atoms. The van der Waals surface area contributed by atoms with Crippen molar-refractivity contribution in [3.63, 3.8) is 0 Å². The minimum Gasteiger partial charge on any atom is -0.476 e. The number of rotatable bonds is 2. The van der Waals surface area contributed by atoms with E-state index in [4.69, 9.17) is 0 Å². The van der Waals surface area contributed by atoms with Gasteiger partial charge in [0, 0.05) is 25.4 Å². The molecule has 0 radical (unpaired) electrons. The molecule has 0 spiro atoms. The summed E-state index contributed by atoms with van der Waals surface area (Å²) in [5.41, 5.74) is 0.822. The molecule has 2 aromatic rings. The summed E-state index contributed by atoms with van der Waals surface area (Å²) in [7, 11) is 0. The van der Waals surface area contributed by atoms with Crippen LogP contribution in [-0.2, 0) is 0 Å². The highest BCUT2D eigenvalue weighted by atomic mass is 19.3. The average molecular weight is 307 g/mol. The number of aromatic carboxylic acids is 1.